The smallest absolute Gasteiger partial charge is 0.261 e. The quantitative estimate of drug-likeness (QED) is 0.198. The van der Waals surface area contributed by atoms with E-state index in [0.717, 1.165) is 32.6 Å². The SMILES string of the molecule is C/C(=C\c1cc(C)c(O)c(C)c1)CC[C@@H](O)C1=C(CO[Si](c2ccccc2)(c2ccccc2)C(C)(C)C)CS(=O)(=O)[C@H]1CO. The van der Waals surface area contributed by atoms with E-state index in [-0.39, 0.29) is 23.1 Å². The predicted molar refractivity (Wildman–Crippen MR) is 182 cm³/mol. The molecule has 0 spiro atoms. The molecule has 0 aromatic heterocycles. The zero-order valence-corrected chi connectivity index (χ0v) is 28.5. The van der Waals surface area contributed by atoms with Gasteiger partial charge < -0.3 is 19.7 Å². The van der Waals surface area contributed by atoms with Crippen LogP contribution in [0.4, 0.5) is 0 Å². The van der Waals surface area contributed by atoms with Crippen LogP contribution in [0.15, 0.2) is 89.5 Å². The molecule has 0 aliphatic carbocycles. The lowest BCUT2D eigenvalue weighted by atomic mass is 9.95. The van der Waals surface area contributed by atoms with Crippen LogP contribution in [-0.2, 0) is 14.3 Å². The number of aromatic hydroxyl groups is 1. The van der Waals surface area contributed by atoms with Crippen molar-refractivity contribution in [1.29, 1.82) is 0 Å². The van der Waals surface area contributed by atoms with Gasteiger partial charge in [0, 0.05) is 0 Å². The monoisotopic (exact) mass is 634 g/mol. The molecule has 0 radical (unpaired) electrons. The number of sulfone groups is 1. The molecule has 0 bridgehead atoms. The number of phenols is 1. The molecule has 1 aliphatic rings. The predicted octanol–water partition coefficient (Wildman–Crippen LogP) is 5.22. The van der Waals surface area contributed by atoms with Crippen LogP contribution < -0.4 is 10.4 Å². The lowest BCUT2D eigenvalue weighted by Crippen LogP contribution is -2.66. The van der Waals surface area contributed by atoms with E-state index in [1.807, 2.05) is 75.4 Å². The van der Waals surface area contributed by atoms with Gasteiger partial charge in [-0.05, 0) is 89.0 Å². The van der Waals surface area contributed by atoms with Crippen molar-refractivity contribution in [2.75, 3.05) is 19.0 Å². The number of allylic oxidation sites excluding steroid dienone is 1. The number of aryl methyl sites for hydroxylation is 2. The van der Waals surface area contributed by atoms with Crippen molar-refractivity contribution in [3.05, 3.63) is 106 Å². The summed E-state index contributed by atoms with van der Waals surface area (Å²) in [5, 5.41) is 32.5. The molecular weight excluding hydrogens is 589 g/mol. The van der Waals surface area contributed by atoms with Gasteiger partial charge in [-0.15, -0.1) is 0 Å². The maximum Gasteiger partial charge on any atom is 0.261 e. The first kappa shape index (κ1) is 33.9. The summed E-state index contributed by atoms with van der Waals surface area (Å²) in [5.74, 6) is 0.0384. The Bertz CT molecular complexity index is 1560. The molecule has 1 heterocycles. The molecule has 4 rings (SSSR count). The average Bonchev–Trinajstić information content (AvgIpc) is 3.24. The van der Waals surface area contributed by atoms with Crippen molar-refractivity contribution in [3.63, 3.8) is 0 Å². The fraction of sp³-hybridized carbons (Fsp3) is 0.389. The molecule has 0 saturated heterocycles. The number of benzene rings is 3. The maximum absolute atomic E-state index is 13.3. The van der Waals surface area contributed by atoms with Crippen molar-refractivity contribution in [1.82, 2.24) is 0 Å². The van der Waals surface area contributed by atoms with E-state index < -0.39 is 36.1 Å². The summed E-state index contributed by atoms with van der Waals surface area (Å²) in [6.07, 6.45) is 1.81. The average molecular weight is 635 g/mol. The van der Waals surface area contributed by atoms with E-state index in [4.69, 9.17) is 4.43 Å². The van der Waals surface area contributed by atoms with E-state index in [1.165, 1.54) is 0 Å². The third-order valence-electron chi connectivity index (χ3n) is 8.71. The Balaban J connectivity index is 1.68. The van der Waals surface area contributed by atoms with Gasteiger partial charge in [-0.1, -0.05) is 93.1 Å². The number of hydrogen-bond acceptors (Lipinski definition) is 6. The van der Waals surface area contributed by atoms with Crippen molar-refractivity contribution in [2.45, 2.75) is 70.8 Å². The lowest BCUT2D eigenvalue weighted by molar-refractivity contribution is 0.187. The minimum atomic E-state index is -3.70. The van der Waals surface area contributed by atoms with E-state index in [0.29, 0.717) is 24.0 Å². The first-order valence-electron chi connectivity index (χ1n) is 15.2. The molecule has 0 saturated carbocycles. The molecule has 0 amide bonds. The van der Waals surface area contributed by atoms with Gasteiger partial charge in [0.25, 0.3) is 8.32 Å². The van der Waals surface area contributed by atoms with Crippen LogP contribution in [0, 0.1) is 13.8 Å². The molecule has 8 heteroatoms. The zero-order chi connectivity index (χ0) is 32.3. The lowest BCUT2D eigenvalue weighted by Gasteiger charge is -2.43. The summed E-state index contributed by atoms with van der Waals surface area (Å²) in [5.41, 5.74) is 4.47. The topological polar surface area (TPSA) is 104 Å². The van der Waals surface area contributed by atoms with E-state index in [2.05, 4.69) is 45.0 Å². The van der Waals surface area contributed by atoms with Crippen molar-refractivity contribution in [2.24, 2.45) is 0 Å². The van der Waals surface area contributed by atoms with Crippen LogP contribution in [0.3, 0.4) is 0 Å². The largest absolute Gasteiger partial charge is 0.507 e. The fourth-order valence-corrected chi connectivity index (χ4v) is 13.0. The molecule has 236 valence electrons. The van der Waals surface area contributed by atoms with Gasteiger partial charge in [-0.3, -0.25) is 0 Å². The number of rotatable bonds is 11. The number of aliphatic hydroxyl groups excluding tert-OH is 2. The minimum absolute atomic E-state index is 0.0519. The van der Waals surface area contributed by atoms with Crippen molar-refractivity contribution < 1.29 is 28.2 Å². The number of hydrogen-bond donors (Lipinski definition) is 3. The summed E-state index contributed by atoms with van der Waals surface area (Å²) in [4.78, 5) is 0. The Kier molecular flexibility index (Phi) is 10.4. The van der Waals surface area contributed by atoms with E-state index >= 15 is 0 Å². The highest BCUT2D eigenvalue weighted by Crippen LogP contribution is 2.39. The minimum Gasteiger partial charge on any atom is -0.507 e. The summed E-state index contributed by atoms with van der Waals surface area (Å²) in [6, 6.07) is 24.1. The van der Waals surface area contributed by atoms with Gasteiger partial charge >= 0.3 is 0 Å². The zero-order valence-electron chi connectivity index (χ0n) is 26.7. The molecule has 3 aromatic rings. The van der Waals surface area contributed by atoms with Crippen LogP contribution in [0.2, 0.25) is 5.04 Å². The third kappa shape index (κ3) is 6.95. The van der Waals surface area contributed by atoms with Gasteiger partial charge in [-0.2, -0.15) is 0 Å². The highest BCUT2D eigenvalue weighted by molar-refractivity contribution is 7.92. The molecule has 44 heavy (non-hydrogen) atoms. The van der Waals surface area contributed by atoms with Crippen LogP contribution in [0.25, 0.3) is 6.08 Å². The summed E-state index contributed by atoms with van der Waals surface area (Å²) >= 11 is 0. The Morgan fingerprint density at radius 1 is 1.00 bits per heavy atom. The molecule has 6 nitrogen and oxygen atoms in total. The van der Waals surface area contributed by atoms with Gasteiger partial charge in [0.1, 0.15) is 11.0 Å². The van der Waals surface area contributed by atoms with Crippen molar-refractivity contribution >= 4 is 34.6 Å². The first-order valence-corrected chi connectivity index (χ1v) is 18.8. The highest BCUT2D eigenvalue weighted by Gasteiger charge is 2.51. The second kappa shape index (κ2) is 13.5. The Morgan fingerprint density at radius 2 is 1.52 bits per heavy atom. The second-order valence-corrected chi connectivity index (χ2v) is 19.5. The standard InChI is InChI=1S/C36H46O6SSi/c1-25(19-28-20-26(2)35(39)27(3)21-28)17-18-32(38)34-29(24-43(40,41)33(34)22-37)23-42-44(36(4,5)6,30-13-9-7-10-14-30)31-15-11-8-12-16-31/h7-16,19-21,32-33,37-39H,17-18,22-24H2,1-6H3/b25-19+/t32-,33+/m1/s1. The summed E-state index contributed by atoms with van der Waals surface area (Å²) in [6.45, 7) is 11.6. The van der Waals surface area contributed by atoms with Gasteiger partial charge in [0.15, 0.2) is 9.84 Å². The molecule has 0 fully saturated rings. The fourth-order valence-electron chi connectivity index (χ4n) is 6.54. The second-order valence-electron chi connectivity index (χ2n) is 13.0. The molecule has 1 aliphatic heterocycles. The Labute approximate surface area is 263 Å². The van der Waals surface area contributed by atoms with E-state index in [1.54, 1.807) is 0 Å². The van der Waals surface area contributed by atoms with Crippen LogP contribution in [-0.4, -0.2) is 62.4 Å². The number of phenolic OH excluding ortho intramolecular Hbond substituents is 1. The van der Waals surface area contributed by atoms with Crippen LogP contribution in [0.5, 0.6) is 5.75 Å². The molecule has 2 atom stereocenters. The van der Waals surface area contributed by atoms with E-state index in [9.17, 15) is 23.7 Å². The van der Waals surface area contributed by atoms with Gasteiger partial charge in [-0.25, -0.2) is 8.42 Å². The van der Waals surface area contributed by atoms with Gasteiger partial charge in [0.05, 0.1) is 25.1 Å². The third-order valence-corrected chi connectivity index (χ3v) is 15.7. The Morgan fingerprint density at radius 3 is 2.00 bits per heavy atom. The van der Waals surface area contributed by atoms with Crippen LogP contribution >= 0.6 is 0 Å². The molecule has 3 N–H and O–H groups in total. The molecular formula is C36H46O6SSi. The first-order chi connectivity index (χ1) is 20.7. The molecule has 0 unspecified atom stereocenters. The molecule has 3 aromatic carbocycles. The Hall–Kier alpha value is -3.01. The normalized spacial score (nSPS) is 18.1. The van der Waals surface area contributed by atoms with Crippen LogP contribution in [0.1, 0.15) is 57.2 Å². The highest BCUT2D eigenvalue weighted by atomic mass is 32.2. The van der Waals surface area contributed by atoms with Gasteiger partial charge in [0.2, 0.25) is 0 Å². The summed E-state index contributed by atoms with van der Waals surface area (Å²) in [7, 11) is -6.65. The number of aliphatic hydroxyl groups is 2. The summed E-state index contributed by atoms with van der Waals surface area (Å²) < 4.78 is 33.6. The maximum atomic E-state index is 13.3. The van der Waals surface area contributed by atoms with Crippen molar-refractivity contribution in [3.8, 4) is 5.75 Å².